The van der Waals surface area contributed by atoms with Crippen LogP contribution in [0.15, 0.2) is 165 Å². The SMILES string of the molecule is CC(=O)n1nc(S(=O)(=O)c2cccc3ccccc23)c2cc(N3CCNCC3)ccc21.O=S(=O)(c1cccc2ccccc12)c1nn(Cc2cccc(Cl)c2)c2ccc(N3CCNCC3)cc12. The number of carbonyl (C=O) groups is 1. The Morgan fingerprint density at radius 2 is 1.03 bits per heavy atom. The van der Waals surface area contributed by atoms with Crippen molar-refractivity contribution in [3.8, 4) is 0 Å². The van der Waals surface area contributed by atoms with Crippen LogP contribution in [0.4, 0.5) is 11.4 Å². The lowest BCUT2D eigenvalue weighted by Crippen LogP contribution is -2.43. The second-order valence-electron chi connectivity index (χ2n) is 16.7. The van der Waals surface area contributed by atoms with Gasteiger partial charge in [0.2, 0.25) is 25.6 Å². The molecule has 0 unspecified atom stereocenters. The number of rotatable bonds is 8. The average Bonchev–Trinajstić information content (AvgIpc) is 3.94. The zero-order chi connectivity index (χ0) is 46.3. The Labute approximate surface area is 393 Å². The standard InChI is InChI=1S/C28H25ClN4O2S.C23H22N4O3S/c29-22-8-3-5-20(17-22)19-33-26-12-11-23(32-15-13-30-14-16-32)18-25(26)28(31-33)36(34,35)27-10-4-7-21-6-1-2-9-24(21)27;1-16(28)27-21-10-9-18(26-13-11-24-12-14-26)15-20(21)23(25-27)31(29,30)22-8-4-6-17-5-2-3-7-19(17)22/h1-12,17-18,30H,13-16,19H2;2-10,15,24H,11-14H2,1H3. The summed E-state index contributed by atoms with van der Waals surface area (Å²) in [5.41, 5.74) is 4.14. The highest BCUT2D eigenvalue weighted by Gasteiger charge is 2.30. The van der Waals surface area contributed by atoms with Crippen LogP contribution in [0.1, 0.15) is 17.3 Å². The molecule has 9 aromatic rings. The first-order valence-electron chi connectivity index (χ1n) is 22.1. The Kier molecular flexibility index (Phi) is 12.0. The van der Waals surface area contributed by atoms with Crippen LogP contribution in [0.5, 0.6) is 0 Å². The third kappa shape index (κ3) is 8.53. The van der Waals surface area contributed by atoms with Crippen LogP contribution in [0.25, 0.3) is 43.4 Å². The van der Waals surface area contributed by atoms with Crippen molar-refractivity contribution in [2.45, 2.75) is 33.3 Å². The van der Waals surface area contributed by atoms with Gasteiger partial charge in [0.15, 0.2) is 10.1 Å². The maximum absolute atomic E-state index is 14.1. The molecule has 2 fully saturated rings. The number of nitrogens with one attached hydrogen (secondary N) is 2. The van der Waals surface area contributed by atoms with E-state index < -0.39 is 19.7 Å². The summed E-state index contributed by atoms with van der Waals surface area (Å²) in [6, 6.07) is 44.6. The van der Waals surface area contributed by atoms with E-state index in [0.29, 0.717) is 38.6 Å². The van der Waals surface area contributed by atoms with Crippen molar-refractivity contribution in [2.24, 2.45) is 0 Å². The third-order valence-corrected chi connectivity index (χ3v) is 16.1. The summed E-state index contributed by atoms with van der Waals surface area (Å²) >= 11 is 6.21. The Morgan fingerprint density at radius 1 is 0.552 bits per heavy atom. The first-order chi connectivity index (χ1) is 32.5. The molecule has 2 aliphatic heterocycles. The van der Waals surface area contributed by atoms with Gasteiger partial charge >= 0.3 is 0 Å². The number of piperazine rings is 2. The third-order valence-electron chi connectivity index (χ3n) is 12.4. The van der Waals surface area contributed by atoms with Crippen molar-refractivity contribution in [3.05, 3.63) is 156 Å². The number of fused-ring (bicyclic) bond motifs is 4. The van der Waals surface area contributed by atoms with Crippen LogP contribution in [-0.2, 0) is 26.2 Å². The van der Waals surface area contributed by atoms with E-state index in [1.807, 2.05) is 103 Å². The zero-order valence-electron chi connectivity index (χ0n) is 36.6. The molecule has 2 aliphatic rings. The van der Waals surface area contributed by atoms with Crippen molar-refractivity contribution < 1.29 is 21.6 Å². The maximum Gasteiger partial charge on any atom is 0.244 e. The minimum absolute atomic E-state index is 0.0767. The second-order valence-corrected chi connectivity index (χ2v) is 20.8. The molecule has 0 aliphatic carbocycles. The van der Waals surface area contributed by atoms with Crippen molar-refractivity contribution in [2.75, 3.05) is 62.2 Å². The largest absolute Gasteiger partial charge is 0.369 e. The molecule has 16 heteroatoms. The smallest absolute Gasteiger partial charge is 0.244 e. The van der Waals surface area contributed by atoms with Gasteiger partial charge in [-0.25, -0.2) is 16.8 Å². The highest BCUT2D eigenvalue weighted by atomic mass is 35.5. The number of aromatic nitrogens is 4. The normalized spacial score (nSPS) is 14.7. The van der Waals surface area contributed by atoms with E-state index in [0.717, 1.165) is 85.6 Å². The molecule has 67 heavy (non-hydrogen) atoms. The molecule has 0 atom stereocenters. The van der Waals surface area contributed by atoms with Gasteiger partial charge in [0.25, 0.3) is 0 Å². The van der Waals surface area contributed by atoms with E-state index in [1.54, 1.807) is 41.1 Å². The Hall–Kier alpha value is -6.62. The number of hydrogen-bond donors (Lipinski definition) is 2. The van der Waals surface area contributed by atoms with Crippen LogP contribution in [0.2, 0.25) is 5.02 Å². The summed E-state index contributed by atoms with van der Waals surface area (Å²) in [7, 11) is -7.88. The summed E-state index contributed by atoms with van der Waals surface area (Å²) in [6.07, 6.45) is 0. The molecule has 0 bridgehead atoms. The number of sulfone groups is 2. The summed E-state index contributed by atoms with van der Waals surface area (Å²) in [5.74, 6) is -0.334. The minimum atomic E-state index is -3.97. The van der Waals surface area contributed by atoms with Crippen LogP contribution in [0.3, 0.4) is 0 Å². The van der Waals surface area contributed by atoms with E-state index in [9.17, 15) is 21.6 Å². The molecule has 0 radical (unpaired) electrons. The van der Waals surface area contributed by atoms with E-state index >= 15 is 0 Å². The molecule has 0 saturated carbocycles. The average molecular weight is 952 g/mol. The summed E-state index contributed by atoms with van der Waals surface area (Å²) < 4.78 is 58.8. The highest BCUT2D eigenvalue weighted by Crippen LogP contribution is 2.36. The molecule has 4 heterocycles. The lowest BCUT2D eigenvalue weighted by molar-refractivity contribution is 0.0925. The van der Waals surface area contributed by atoms with Crippen LogP contribution < -0.4 is 20.4 Å². The Balaban J connectivity index is 0.000000159. The van der Waals surface area contributed by atoms with Gasteiger partial charge in [0.05, 0.1) is 27.4 Å². The number of carbonyl (C=O) groups excluding carboxylic acids is 1. The number of hydrogen-bond acceptors (Lipinski definition) is 11. The van der Waals surface area contributed by atoms with Gasteiger partial charge in [0.1, 0.15) is 0 Å². The number of nitrogens with zero attached hydrogens (tertiary/aromatic N) is 6. The van der Waals surface area contributed by atoms with Crippen LogP contribution in [0, 0.1) is 0 Å². The Bertz CT molecular complexity index is 3570. The van der Waals surface area contributed by atoms with Gasteiger partial charge in [-0.15, -0.1) is 0 Å². The van der Waals surface area contributed by atoms with E-state index in [4.69, 9.17) is 16.7 Å². The first kappa shape index (κ1) is 44.2. The highest BCUT2D eigenvalue weighted by molar-refractivity contribution is 7.92. The molecule has 7 aromatic carbocycles. The summed E-state index contributed by atoms with van der Waals surface area (Å²) in [6.45, 7) is 8.72. The predicted octanol–water partition coefficient (Wildman–Crippen LogP) is 8.23. The molecule has 11 rings (SSSR count). The molecule has 2 N–H and O–H groups in total. The number of benzene rings is 7. The van der Waals surface area contributed by atoms with E-state index in [-0.39, 0.29) is 25.8 Å². The molecule has 0 amide bonds. The lowest BCUT2D eigenvalue weighted by Gasteiger charge is -2.29. The first-order valence-corrected chi connectivity index (χ1v) is 25.5. The molecule has 2 aromatic heterocycles. The number of anilines is 2. The molecular weight excluding hydrogens is 904 g/mol. The fourth-order valence-corrected chi connectivity index (χ4v) is 12.5. The summed E-state index contributed by atoms with van der Waals surface area (Å²) in [4.78, 5) is 17.2. The van der Waals surface area contributed by atoms with Gasteiger partial charge in [0, 0.05) is 97.2 Å². The van der Waals surface area contributed by atoms with E-state index in [1.165, 1.54) is 11.6 Å². The molecule has 2 saturated heterocycles. The monoisotopic (exact) mass is 950 g/mol. The van der Waals surface area contributed by atoms with Crippen LogP contribution >= 0.6 is 11.6 Å². The summed E-state index contributed by atoms with van der Waals surface area (Å²) in [5, 5.41) is 20.4. The number of halogens is 1. The molecule has 340 valence electrons. The van der Waals surface area contributed by atoms with Crippen molar-refractivity contribution in [1.82, 2.24) is 30.2 Å². The van der Waals surface area contributed by atoms with Gasteiger partial charge in [-0.2, -0.15) is 14.9 Å². The quantitative estimate of drug-likeness (QED) is 0.152. The molecule has 0 spiro atoms. The topological polar surface area (TPSA) is 152 Å². The van der Waals surface area contributed by atoms with Crippen molar-refractivity contribution >= 4 is 91.9 Å². The maximum atomic E-state index is 14.1. The predicted molar refractivity (Wildman–Crippen MR) is 265 cm³/mol. The van der Waals surface area contributed by atoms with E-state index in [2.05, 4.69) is 31.6 Å². The van der Waals surface area contributed by atoms with Crippen LogP contribution in [-0.4, -0.2) is 94.7 Å². The molecular formula is C51H47ClN8O5S2. The van der Waals surface area contributed by atoms with Crippen molar-refractivity contribution in [1.29, 1.82) is 0 Å². The Morgan fingerprint density at radius 3 is 1.57 bits per heavy atom. The minimum Gasteiger partial charge on any atom is -0.369 e. The van der Waals surface area contributed by atoms with Gasteiger partial charge in [-0.3, -0.25) is 9.48 Å². The zero-order valence-corrected chi connectivity index (χ0v) is 39.0. The lowest BCUT2D eigenvalue weighted by atomic mass is 10.1. The van der Waals surface area contributed by atoms with Gasteiger partial charge < -0.3 is 20.4 Å². The van der Waals surface area contributed by atoms with Crippen molar-refractivity contribution in [3.63, 3.8) is 0 Å². The van der Waals surface area contributed by atoms with Gasteiger partial charge in [-0.05, 0) is 77.0 Å². The molecule has 13 nitrogen and oxygen atoms in total. The fraction of sp³-hybridized carbons (Fsp3) is 0.196. The second kappa shape index (κ2) is 18.2. The fourth-order valence-electron chi connectivity index (χ4n) is 9.09. The van der Waals surface area contributed by atoms with Gasteiger partial charge in [-0.1, -0.05) is 96.5 Å².